The highest BCUT2D eigenvalue weighted by Crippen LogP contribution is 2.34. The fraction of sp³-hybridized carbons (Fsp3) is 0.333. The molecular formula is C24H24ClF3N4O. The predicted octanol–water partition coefficient (Wildman–Crippen LogP) is 4.97. The van der Waals surface area contributed by atoms with Gasteiger partial charge in [0.1, 0.15) is 0 Å². The van der Waals surface area contributed by atoms with Crippen LogP contribution in [0.25, 0.3) is 10.9 Å². The summed E-state index contributed by atoms with van der Waals surface area (Å²) in [7, 11) is 0. The van der Waals surface area contributed by atoms with Crippen LogP contribution >= 0.6 is 11.6 Å². The van der Waals surface area contributed by atoms with Crippen LogP contribution in [0.4, 0.5) is 18.9 Å². The van der Waals surface area contributed by atoms with Gasteiger partial charge in [0.15, 0.2) is 0 Å². The van der Waals surface area contributed by atoms with E-state index >= 15 is 0 Å². The first kappa shape index (κ1) is 23.5. The normalized spacial score (nSPS) is 15.7. The maximum absolute atomic E-state index is 13.1. The molecule has 1 N–H and O–H groups in total. The first-order valence-corrected chi connectivity index (χ1v) is 11.0. The Bertz CT molecular complexity index is 1160. The highest BCUT2D eigenvalue weighted by molar-refractivity contribution is 6.32. The molecule has 1 aliphatic heterocycles. The van der Waals surface area contributed by atoms with Crippen molar-refractivity contribution in [2.24, 2.45) is 0 Å². The smallest absolute Gasteiger partial charge is 0.324 e. The van der Waals surface area contributed by atoms with Gasteiger partial charge < -0.3 is 5.32 Å². The van der Waals surface area contributed by atoms with E-state index in [0.29, 0.717) is 37.7 Å². The molecule has 9 heteroatoms. The number of fused-ring (bicyclic) bond motifs is 1. The first-order valence-electron chi connectivity index (χ1n) is 10.7. The van der Waals surface area contributed by atoms with E-state index in [2.05, 4.69) is 10.2 Å². The first-order chi connectivity index (χ1) is 15.7. The Balaban J connectivity index is 1.33. The average Bonchev–Trinajstić information content (AvgIpc) is 2.78. The molecule has 1 saturated heterocycles. The van der Waals surface area contributed by atoms with Gasteiger partial charge in [0.25, 0.3) is 0 Å². The number of para-hydroxylation sites is 2. The van der Waals surface area contributed by atoms with Crippen LogP contribution in [0, 0.1) is 6.92 Å². The third kappa shape index (κ3) is 5.46. The minimum absolute atomic E-state index is 0.0358. The number of benzene rings is 2. The number of pyridine rings is 1. The monoisotopic (exact) mass is 476 g/mol. The molecule has 1 amide bonds. The van der Waals surface area contributed by atoms with E-state index in [1.807, 2.05) is 36.1 Å². The van der Waals surface area contributed by atoms with Gasteiger partial charge in [0, 0.05) is 38.1 Å². The van der Waals surface area contributed by atoms with E-state index in [4.69, 9.17) is 16.6 Å². The minimum Gasteiger partial charge on any atom is -0.324 e. The summed E-state index contributed by atoms with van der Waals surface area (Å²) in [5, 5.41) is 4.11. The zero-order valence-electron chi connectivity index (χ0n) is 18.1. The van der Waals surface area contributed by atoms with Gasteiger partial charge in [-0.3, -0.25) is 14.6 Å². The number of hydrogen-bond donors (Lipinski definition) is 1. The lowest BCUT2D eigenvalue weighted by Crippen LogP contribution is -2.48. The summed E-state index contributed by atoms with van der Waals surface area (Å²) in [6.07, 6.45) is -4.52. The molecule has 4 rings (SSSR count). The van der Waals surface area contributed by atoms with E-state index in [1.165, 1.54) is 18.2 Å². The zero-order valence-corrected chi connectivity index (χ0v) is 18.9. The quantitative estimate of drug-likeness (QED) is 0.564. The number of piperazine rings is 1. The summed E-state index contributed by atoms with van der Waals surface area (Å²) in [5.41, 5.74) is 1.66. The number of amides is 1. The molecule has 2 heterocycles. The van der Waals surface area contributed by atoms with E-state index in [9.17, 15) is 18.0 Å². The van der Waals surface area contributed by atoms with Crippen molar-refractivity contribution in [2.45, 2.75) is 19.6 Å². The predicted molar refractivity (Wildman–Crippen MR) is 123 cm³/mol. The third-order valence-corrected chi connectivity index (χ3v) is 6.36. The Hall–Kier alpha value is -2.68. The molecule has 1 aromatic heterocycles. The summed E-state index contributed by atoms with van der Waals surface area (Å²) in [5.74, 6) is -0.463. The number of rotatable bonds is 5. The number of halogens is 4. The van der Waals surface area contributed by atoms with Gasteiger partial charge in [-0.25, -0.2) is 4.98 Å². The lowest BCUT2D eigenvalue weighted by Gasteiger charge is -2.34. The summed E-state index contributed by atoms with van der Waals surface area (Å²) < 4.78 is 39.4. The van der Waals surface area contributed by atoms with Crippen molar-refractivity contribution < 1.29 is 18.0 Å². The number of anilines is 1. The second kappa shape index (κ2) is 9.67. The minimum atomic E-state index is -4.52. The molecule has 33 heavy (non-hydrogen) atoms. The molecule has 5 nitrogen and oxygen atoms in total. The number of carbonyl (C=O) groups excluding carboxylic acids is 1. The number of aryl methyl sites for hydroxylation is 1. The highest BCUT2D eigenvalue weighted by Gasteiger charge is 2.33. The van der Waals surface area contributed by atoms with Crippen molar-refractivity contribution in [2.75, 3.05) is 38.0 Å². The Morgan fingerprint density at radius 1 is 1.03 bits per heavy atom. The molecule has 0 atom stereocenters. The lowest BCUT2D eigenvalue weighted by molar-refractivity contribution is -0.137. The van der Waals surface area contributed by atoms with E-state index in [-0.39, 0.29) is 12.2 Å². The number of nitrogens with one attached hydrogen (secondary N) is 1. The second-order valence-corrected chi connectivity index (χ2v) is 8.54. The molecule has 0 aliphatic carbocycles. The number of alkyl halides is 3. The van der Waals surface area contributed by atoms with Crippen LogP contribution in [-0.4, -0.2) is 53.4 Å². The van der Waals surface area contributed by atoms with Gasteiger partial charge in [-0.05, 0) is 30.7 Å². The molecule has 0 radical (unpaired) electrons. The largest absolute Gasteiger partial charge is 0.418 e. The molecule has 0 spiro atoms. The molecule has 1 aliphatic rings. The molecule has 2 aromatic carbocycles. The molecule has 3 aromatic rings. The number of nitrogens with zero attached hydrogens (tertiary/aromatic N) is 3. The standard InChI is InChI=1S/C24H24ClF3N4O/c1-16-17-6-2-4-8-19(17)29-21(23(16)25)14-31-10-12-32(13-11-31)15-22(33)30-20-9-5-3-7-18(20)24(26,27)28/h2-9H,10-15H2,1H3,(H,30,33). The van der Waals surface area contributed by atoms with Crippen LogP contribution in [0.15, 0.2) is 48.5 Å². The summed E-state index contributed by atoms with van der Waals surface area (Å²) in [4.78, 5) is 21.3. The van der Waals surface area contributed by atoms with Crippen LogP contribution in [0.2, 0.25) is 5.02 Å². The van der Waals surface area contributed by atoms with Crippen molar-refractivity contribution in [1.29, 1.82) is 0 Å². The van der Waals surface area contributed by atoms with Crippen molar-refractivity contribution >= 4 is 34.1 Å². The van der Waals surface area contributed by atoms with Gasteiger partial charge in [-0.15, -0.1) is 0 Å². The van der Waals surface area contributed by atoms with Crippen molar-refractivity contribution in [3.05, 3.63) is 70.4 Å². The fourth-order valence-electron chi connectivity index (χ4n) is 4.07. The number of aromatic nitrogens is 1. The van der Waals surface area contributed by atoms with Crippen LogP contribution in [0.3, 0.4) is 0 Å². The van der Waals surface area contributed by atoms with Gasteiger partial charge in [-0.1, -0.05) is 41.9 Å². The average molecular weight is 477 g/mol. The summed E-state index contributed by atoms with van der Waals surface area (Å²) in [6.45, 7) is 5.28. The summed E-state index contributed by atoms with van der Waals surface area (Å²) >= 11 is 6.58. The second-order valence-electron chi connectivity index (χ2n) is 8.16. The third-order valence-electron chi connectivity index (χ3n) is 5.86. The maximum atomic E-state index is 13.1. The van der Waals surface area contributed by atoms with Gasteiger partial charge in [0.2, 0.25) is 5.91 Å². The topological polar surface area (TPSA) is 48.5 Å². The summed E-state index contributed by atoms with van der Waals surface area (Å²) in [6, 6.07) is 12.9. The van der Waals surface area contributed by atoms with E-state index in [0.717, 1.165) is 28.2 Å². The van der Waals surface area contributed by atoms with Gasteiger partial charge >= 0.3 is 6.18 Å². The van der Waals surface area contributed by atoms with Crippen molar-refractivity contribution in [3.8, 4) is 0 Å². The molecule has 174 valence electrons. The van der Waals surface area contributed by atoms with E-state index < -0.39 is 17.6 Å². The number of carbonyl (C=O) groups is 1. The Kier molecular flexibility index (Phi) is 6.88. The molecule has 0 unspecified atom stereocenters. The van der Waals surface area contributed by atoms with Crippen molar-refractivity contribution in [3.63, 3.8) is 0 Å². The van der Waals surface area contributed by atoms with Crippen LogP contribution < -0.4 is 5.32 Å². The molecule has 0 saturated carbocycles. The van der Waals surface area contributed by atoms with Crippen molar-refractivity contribution in [1.82, 2.24) is 14.8 Å². The van der Waals surface area contributed by atoms with E-state index in [1.54, 1.807) is 0 Å². The van der Waals surface area contributed by atoms with Crippen LogP contribution in [-0.2, 0) is 17.5 Å². The van der Waals surface area contributed by atoms with Crippen LogP contribution in [0.1, 0.15) is 16.8 Å². The molecule has 1 fully saturated rings. The number of hydrogen-bond acceptors (Lipinski definition) is 4. The lowest BCUT2D eigenvalue weighted by atomic mass is 10.1. The Morgan fingerprint density at radius 3 is 2.39 bits per heavy atom. The SMILES string of the molecule is Cc1c(Cl)c(CN2CCN(CC(=O)Nc3ccccc3C(F)(F)F)CC2)nc2ccccc12. The zero-order chi connectivity index (χ0) is 23.6. The molecular weight excluding hydrogens is 453 g/mol. The molecule has 0 bridgehead atoms. The van der Waals surface area contributed by atoms with Crippen LogP contribution in [0.5, 0.6) is 0 Å². The van der Waals surface area contributed by atoms with Gasteiger partial charge in [-0.2, -0.15) is 13.2 Å². The fourth-order valence-corrected chi connectivity index (χ4v) is 4.28. The maximum Gasteiger partial charge on any atom is 0.418 e. The van der Waals surface area contributed by atoms with Gasteiger partial charge in [0.05, 0.1) is 34.0 Å². The Morgan fingerprint density at radius 2 is 1.67 bits per heavy atom. The highest BCUT2D eigenvalue weighted by atomic mass is 35.5. The Labute approximate surface area is 195 Å².